The van der Waals surface area contributed by atoms with E-state index in [2.05, 4.69) is 10.2 Å². The molecular weight excluding hydrogens is 212 g/mol. The van der Waals surface area contributed by atoms with E-state index < -0.39 is 5.97 Å². The SMILES string of the molecule is CNC(=O)C1CCCN1CCC(=O)ONN. The van der Waals surface area contributed by atoms with Gasteiger partial charge in [0.25, 0.3) is 0 Å². The predicted octanol–water partition coefficient (Wildman–Crippen LogP) is -1.49. The lowest BCUT2D eigenvalue weighted by Gasteiger charge is -2.22. The molecule has 0 spiro atoms. The van der Waals surface area contributed by atoms with Crippen LogP contribution in [0.15, 0.2) is 0 Å². The number of carbonyl (C=O) groups is 2. The summed E-state index contributed by atoms with van der Waals surface area (Å²) in [7, 11) is 1.62. The average molecular weight is 230 g/mol. The number of rotatable bonds is 5. The Morgan fingerprint density at radius 2 is 2.31 bits per heavy atom. The Bertz CT molecular complexity index is 259. The van der Waals surface area contributed by atoms with Crippen molar-refractivity contribution in [1.29, 1.82) is 0 Å². The number of carbonyl (C=O) groups excluding carboxylic acids is 2. The Morgan fingerprint density at radius 1 is 1.56 bits per heavy atom. The van der Waals surface area contributed by atoms with Crippen LogP contribution in [0.3, 0.4) is 0 Å². The molecule has 1 saturated heterocycles. The highest BCUT2D eigenvalue weighted by molar-refractivity contribution is 5.81. The Labute approximate surface area is 94.2 Å². The van der Waals surface area contributed by atoms with Crippen LogP contribution in [0.1, 0.15) is 19.3 Å². The Hall–Kier alpha value is -1.18. The van der Waals surface area contributed by atoms with E-state index >= 15 is 0 Å². The fourth-order valence-corrected chi connectivity index (χ4v) is 1.91. The molecule has 0 radical (unpaired) electrons. The number of nitrogens with one attached hydrogen (secondary N) is 2. The highest BCUT2D eigenvalue weighted by atomic mass is 16.7. The summed E-state index contributed by atoms with van der Waals surface area (Å²) in [6.45, 7) is 1.35. The fraction of sp³-hybridized carbons (Fsp3) is 0.778. The lowest BCUT2D eigenvalue weighted by Crippen LogP contribution is -2.42. The second-order valence-electron chi connectivity index (χ2n) is 3.65. The van der Waals surface area contributed by atoms with Crippen molar-refractivity contribution in [2.75, 3.05) is 20.1 Å². The number of amides is 1. The van der Waals surface area contributed by atoms with Crippen LogP contribution in [0, 0.1) is 0 Å². The largest absolute Gasteiger partial charge is 0.358 e. The van der Waals surface area contributed by atoms with E-state index in [1.54, 1.807) is 7.05 Å². The van der Waals surface area contributed by atoms with E-state index in [-0.39, 0.29) is 18.4 Å². The number of likely N-dealkylation sites (tertiary alicyclic amines) is 1. The maximum atomic E-state index is 11.5. The van der Waals surface area contributed by atoms with Crippen LogP contribution >= 0.6 is 0 Å². The first-order valence-electron chi connectivity index (χ1n) is 5.30. The van der Waals surface area contributed by atoms with Crippen LogP contribution in [0.25, 0.3) is 0 Å². The monoisotopic (exact) mass is 230 g/mol. The minimum absolute atomic E-state index is 0.00261. The molecule has 4 N–H and O–H groups in total. The number of hydrogen-bond donors (Lipinski definition) is 3. The molecule has 16 heavy (non-hydrogen) atoms. The molecular formula is C9H18N4O3. The highest BCUT2D eigenvalue weighted by Gasteiger charge is 2.29. The number of likely N-dealkylation sites (N-methyl/N-ethyl adjacent to an activating group) is 1. The van der Waals surface area contributed by atoms with E-state index in [1.807, 2.05) is 10.5 Å². The van der Waals surface area contributed by atoms with E-state index in [4.69, 9.17) is 5.84 Å². The third-order valence-corrected chi connectivity index (χ3v) is 2.69. The topological polar surface area (TPSA) is 96.7 Å². The summed E-state index contributed by atoms with van der Waals surface area (Å²) in [5.41, 5.74) is 1.84. The number of hydrogen-bond acceptors (Lipinski definition) is 6. The first-order chi connectivity index (χ1) is 7.69. The molecule has 0 aliphatic carbocycles. The summed E-state index contributed by atoms with van der Waals surface area (Å²) < 4.78 is 0. The second-order valence-corrected chi connectivity index (χ2v) is 3.65. The summed E-state index contributed by atoms with van der Waals surface area (Å²) in [4.78, 5) is 28.9. The normalized spacial score (nSPS) is 20.8. The Morgan fingerprint density at radius 3 is 2.94 bits per heavy atom. The molecule has 0 saturated carbocycles. The molecule has 7 nitrogen and oxygen atoms in total. The quantitative estimate of drug-likeness (QED) is 0.393. The molecule has 0 aromatic rings. The van der Waals surface area contributed by atoms with E-state index in [1.165, 1.54) is 0 Å². The van der Waals surface area contributed by atoms with Crippen LogP contribution in [-0.4, -0.2) is 43.0 Å². The average Bonchev–Trinajstić information content (AvgIpc) is 2.74. The van der Waals surface area contributed by atoms with Gasteiger partial charge in [0, 0.05) is 13.6 Å². The van der Waals surface area contributed by atoms with Crippen LogP contribution in [0.5, 0.6) is 0 Å². The fourth-order valence-electron chi connectivity index (χ4n) is 1.91. The molecule has 0 bridgehead atoms. The van der Waals surface area contributed by atoms with Crippen LogP contribution in [0.4, 0.5) is 0 Å². The van der Waals surface area contributed by atoms with Crippen molar-refractivity contribution >= 4 is 11.9 Å². The summed E-state index contributed by atoms with van der Waals surface area (Å²) in [5, 5.41) is 2.62. The zero-order chi connectivity index (χ0) is 12.0. The third-order valence-electron chi connectivity index (χ3n) is 2.69. The first kappa shape index (κ1) is 12.9. The zero-order valence-corrected chi connectivity index (χ0v) is 9.36. The summed E-state index contributed by atoms with van der Waals surface area (Å²) in [6.07, 6.45) is 2.03. The first-order valence-corrected chi connectivity index (χ1v) is 5.30. The molecule has 7 heteroatoms. The molecule has 1 fully saturated rings. The number of nitrogens with zero attached hydrogens (tertiary/aromatic N) is 1. The van der Waals surface area contributed by atoms with Gasteiger partial charge in [-0.15, -0.1) is 0 Å². The van der Waals surface area contributed by atoms with Crippen molar-refractivity contribution < 1.29 is 14.4 Å². The zero-order valence-electron chi connectivity index (χ0n) is 9.36. The van der Waals surface area contributed by atoms with Crippen LogP contribution in [-0.2, 0) is 14.4 Å². The van der Waals surface area contributed by atoms with Crippen molar-refractivity contribution in [1.82, 2.24) is 15.8 Å². The Kier molecular flexibility index (Phi) is 5.17. The van der Waals surface area contributed by atoms with E-state index in [0.29, 0.717) is 6.54 Å². The molecule has 92 valence electrons. The van der Waals surface area contributed by atoms with Crippen LogP contribution in [0.2, 0.25) is 0 Å². The van der Waals surface area contributed by atoms with Gasteiger partial charge in [0.2, 0.25) is 5.91 Å². The van der Waals surface area contributed by atoms with Crippen molar-refractivity contribution in [3.63, 3.8) is 0 Å². The lowest BCUT2D eigenvalue weighted by molar-refractivity contribution is -0.151. The van der Waals surface area contributed by atoms with Crippen molar-refractivity contribution in [2.45, 2.75) is 25.3 Å². The maximum Gasteiger partial charge on any atom is 0.327 e. The smallest absolute Gasteiger partial charge is 0.327 e. The second kappa shape index (κ2) is 6.41. The minimum atomic E-state index is -0.426. The molecule has 1 heterocycles. The van der Waals surface area contributed by atoms with Gasteiger partial charge in [-0.1, -0.05) is 5.59 Å². The van der Waals surface area contributed by atoms with Crippen molar-refractivity contribution in [2.24, 2.45) is 5.84 Å². The number of nitrogens with two attached hydrogens (primary N) is 1. The van der Waals surface area contributed by atoms with Gasteiger partial charge in [-0.25, -0.2) is 5.84 Å². The van der Waals surface area contributed by atoms with Gasteiger partial charge in [0.1, 0.15) is 0 Å². The van der Waals surface area contributed by atoms with Crippen LogP contribution < -0.4 is 16.7 Å². The molecule has 1 amide bonds. The van der Waals surface area contributed by atoms with Crippen molar-refractivity contribution in [3.05, 3.63) is 0 Å². The Balaban J connectivity index is 2.35. The molecule has 1 aliphatic heterocycles. The summed E-state index contributed by atoms with van der Waals surface area (Å²) in [6, 6.07) is -0.122. The molecule has 1 rings (SSSR count). The van der Waals surface area contributed by atoms with Gasteiger partial charge in [-0.05, 0) is 19.4 Å². The highest BCUT2D eigenvalue weighted by Crippen LogP contribution is 2.17. The van der Waals surface area contributed by atoms with Gasteiger partial charge in [0.05, 0.1) is 12.5 Å². The third kappa shape index (κ3) is 3.44. The molecule has 0 aromatic heterocycles. The van der Waals surface area contributed by atoms with Crippen molar-refractivity contribution in [3.8, 4) is 0 Å². The van der Waals surface area contributed by atoms with Gasteiger partial charge < -0.3 is 10.2 Å². The lowest BCUT2D eigenvalue weighted by atomic mass is 10.2. The molecule has 1 aliphatic rings. The van der Waals surface area contributed by atoms with E-state index in [9.17, 15) is 9.59 Å². The van der Waals surface area contributed by atoms with Gasteiger partial charge in [0.15, 0.2) is 0 Å². The predicted molar refractivity (Wildman–Crippen MR) is 56.7 cm³/mol. The summed E-state index contributed by atoms with van der Waals surface area (Å²) in [5.74, 6) is 4.42. The van der Waals surface area contributed by atoms with Gasteiger partial charge in [-0.3, -0.25) is 14.5 Å². The van der Waals surface area contributed by atoms with Gasteiger partial charge in [-0.2, -0.15) is 0 Å². The maximum absolute atomic E-state index is 11.5. The standard InChI is InChI=1S/C9H18N4O3/c1-11-9(15)7-3-2-5-13(7)6-4-8(14)16-12-10/h7,12H,2-6,10H2,1H3,(H,11,15). The molecule has 1 atom stereocenters. The molecule has 1 unspecified atom stereocenters. The van der Waals surface area contributed by atoms with E-state index in [0.717, 1.165) is 19.4 Å². The molecule has 0 aromatic carbocycles. The summed E-state index contributed by atoms with van der Waals surface area (Å²) >= 11 is 0. The minimum Gasteiger partial charge on any atom is -0.358 e. The van der Waals surface area contributed by atoms with Gasteiger partial charge >= 0.3 is 5.97 Å². The number of hydrazine groups is 1.